The summed E-state index contributed by atoms with van der Waals surface area (Å²) in [5, 5.41) is 0. The predicted octanol–water partition coefficient (Wildman–Crippen LogP) is 2.02. The molecule has 0 bridgehead atoms. The van der Waals surface area contributed by atoms with Gasteiger partial charge < -0.3 is 0 Å². The molecule has 0 atom stereocenters. The summed E-state index contributed by atoms with van der Waals surface area (Å²) in [7, 11) is -4.04. The van der Waals surface area contributed by atoms with Gasteiger partial charge in [0.15, 0.2) is 0 Å². The minimum absolute atomic E-state index is 0. The molecule has 16 heavy (non-hydrogen) atoms. The molecule has 0 aliphatic carbocycles. The zero-order valence-electron chi connectivity index (χ0n) is 8.81. The van der Waals surface area contributed by atoms with Crippen LogP contribution in [0.25, 0.3) is 0 Å². The summed E-state index contributed by atoms with van der Waals surface area (Å²) in [4.78, 5) is -0.0401. The van der Waals surface area contributed by atoms with Gasteiger partial charge >= 0.3 is 51.4 Å². The van der Waals surface area contributed by atoms with Crippen molar-refractivity contribution in [2.24, 2.45) is 0 Å². The fourth-order valence-corrected chi connectivity index (χ4v) is 1.89. The van der Waals surface area contributed by atoms with Crippen LogP contribution in [-0.4, -0.2) is 64.4 Å². The topological polar surface area (TPSA) is 54.4 Å². The SMILES string of the molecule is CCCCCc1ccc(S(=O)(=O)O)cc1.[KH]. The molecule has 0 aliphatic heterocycles. The van der Waals surface area contributed by atoms with Crippen LogP contribution in [0, 0.1) is 0 Å². The van der Waals surface area contributed by atoms with Crippen molar-refractivity contribution in [3.8, 4) is 0 Å². The first kappa shape index (κ1) is 16.8. The van der Waals surface area contributed by atoms with Crippen LogP contribution in [0.4, 0.5) is 0 Å². The Morgan fingerprint density at radius 2 is 1.69 bits per heavy atom. The van der Waals surface area contributed by atoms with Crippen LogP contribution in [0.3, 0.4) is 0 Å². The normalized spacial score (nSPS) is 10.9. The molecular formula is C11H17KO3S. The maximum atomic E-state index is 10.8. The number of hydrogen-bond acceptors (Lipinski definition) is 2. The van der Waals surface area contributed by atoms with E-state index < -0.39 is 10.1 Å². The first-order valence-corrected chi connectivity index (χ1v) is 6.54. The molecule has 0 aromatic heterocycles. The van der Waals surface area contributed by atoms with Crippen molar-refractivity contribution in [1.82, 2.24) is 0 Å². The second-order valence-electron chi connectivity index (χ2n) is 3.58. The third-order valence-corrected chi connectivity index (χ3v) is 3.16. The first-order chi connectivity index (χ1) is 7.04. The summed E-state index contributed by atoms with van der Waals surface area (Å²) in [5.41, 5.74) is 1.11. The van der Waals surface area contributed by atoms with Gasteiger partial charge in [-0.25, -0.2) is 0 Å². The van der Waals surface area contributed by atoms with Crippen LogP contribution in [0.15, 0.2) is 29.2 Å². The van der Waals surface area contributed by atoms with Crippen molar-refractivity contribution in [1.29, 1.82) is 0 Å². The molecule has 0 saturated carbocycles. The molecular weight excluding hydrogens is 251 g/mol. The summed E-state index contributed by atoms with van der Waals surface area (Å²) >= 11 is 0. The van der Waals surface area contributed by atoms with E-state index in [9.17, 15) is 8.42 Å². The molecule has 1 rings (SSSR count). The van der Waals surface area contributed by atoms with Gasteiger partial charge in [0.05, 0.1) is 4.90 Å². The molecule has 0 radical (unpaired) electrons. The van der Waals surface area contributed by atoms with Crippen molar-refractivity contribution in [3.63, 3.8) is 0 Å². The molecule has 86 valence electrons. The Morgan fingerprint density at radius 3 is 2.12 bits per heavy atom. The van der Waals surface area contributed by atoms with Crippen LogP contribution < -0.4 is 0 Å². The summed E-state index contributed by atoms with van der Waals surface area (Å²) in [6.07, 6.45) is 4.42. The van der Waals surface area contributed by atoms with Gasteiger partial charge in [-0.1, -0.05) is 31.9 Å². The Bertz CT molecular complexity index is 398. The van der Waals surface area contributed by atoms with Crippen molar-refractivity contribution >= 4 is 61.5 Å². The average molecular weight is 268 g/mol. The number of benzene rings is 1. The second kappa shape index (κ2) is 7.97. The van der Waals surface area contributed by atoms with Gasteiger partial charge in [0.2, 0.25) is 0 Å². The Labute approximate surface area is 140 Å². The molecule has 3 nitrogen and oxygen atoms in total. The number of unbranched alkanes of at least 4 members (excludes halogenated alkanes) is 2. The van der Waals surface area contributed by atoms with Gasteiger partial charge in [-0.15, -0.1) is 0 Å². The Morgan fingerprint density at radius 1 is 1.12 bits per heavy atom. The average Bonchev–Trinajstić information content (AvgIpc) is 2.18. The first-order valence-electron chi connectivity index (χ1n) is 5.10. The van der Waals surface area contributed by atoms with E-state index in [1.54, 1.807) is 12.1 Å². The van der Waals surface area contributed by atoms with Gasteiger partial charge in [0, 0.05) is 0 Å². The summed E-state index contributed by atoms with van der Waals surface area (Å²) in [6, 6.07) is 6.38. The molecule has 0 spiro atoms. The number of aryl methyl sites for hydroxylation is 1. The van der Waals surface area contributed by atoms with E-state index in [-0.39, 0.29) is 56.3 Å². The van der Waals surface area contributed by atoms with Crippen molar-refractivity contribution in [2.75, 3.05) is 0 Å². The van der Waals surface area contributed by atoms with Gasteiger partial charge in [-0.2, -0.15) is 8.42 Å². The Balaban J connectivity index is 0.00000225. The van der Waals surface area contributed by atoms with Crippen molar-refractivity contribution in [2.45, 2.75) is 37.5 Å². The quantitative estimate of drug-likeness (QED) is 0.505. The zero-order chi connectivity index (χ0) is 11.3. The van der Waals surface area contributed by atoms with Gasteiger partial charge in [-0.3, -0.25) is 4.55 Å². The molecule has 0 saturated heterocycles. The Hall–Kier alpha value is 0.766. The second-order valence-corrected chi connectivity index (χ2v) is 5.00. The van der Waals surface area contributed by atoms with E-state index >= 15 is 0 Å². The van der Waals surface area contributed by atoms with E-state index in [4.69, 9.17) is 4.55 Å². The van der Waals surface area contributed by atoms with Gasteiger partial charge in [0.1, 0.15) is 0 Å². The van der Waals surface area contributed by atoms with Crippen LogP contribution in [0.5, 0.6) is 0 Å². The van der Waals surface area contributed by atoms with Gasteiger partial charge in [-0.05, 0) is 30.5 Å². The molecule has 1 aromatic carbocycles. The fourth-order valence-electron chi connectivity index (χ4n) is 1.41. The summed E-state index contributed by atoms with van der Waals surface area (Å²) in [6.45, 7) is 2.14. The minimum atomic E-state index is -4.04. The zero-order valence-corrected chi connectivity index (χ0v) is 9.63. The molecule has 0 fully saturated rings. The molecule has 0 aliphatic rings. The van der Waals surface area contributed by atoms with E-state index in [0.29, 0.717) is 0 Å². The monoisotopic (exact) mass is 268 g/mol. The molecule has 0 unspecified atom stereocenters. The van der Waals surface area contributed by atoms with Crippen molar-refractivity contribution in [3.05, 3.63) is 29.8 Å². The third-order valence-electron chi connectivity index (χ3n) is 2.29. The van der Waals surface area contributed by atoms with E-state index in [2.05, 4.69) is 6.92 Å². The summed E-state index contributed by atoms with van der Waals surface area (Å²) in [5.74, 6) is 0. The standard InChI is InChI=1S/C11H16O3S.K.H/c1-2-3-4-5-10-6-8-11(9-7-10)15(12,13)14;;/h6-9H,2-5H2,1H3,(H,12,13,14);;. The van der Waals surface area contributed by atoms with Crippen molar-refractivity contribution < 1.29 is 13.0 Å². The molecule has 5 heteroatoms. The van der Waals surface area contributed by atoms with Crippen LogP contribution in [0.1, 0.15) is 31.7 Å². The number of rotatable bonds is 5. The van der Waals surface area contributed by atoms with Crippen LogP contribution in [0.2, 0.25) is 0 Å². The molecule has 0 amide bonds. The maximum absolute atomic E-state index is 10.8. The van der Waals surface area contributed by atoms with E-state index in [1.807, 2.05) is 0 Å². The molecule has 1 aromatic rings. The number of hydrogen-bond donors (Lipinski definition) is 1. The van der Waals surface area contributed by atoms with Crippen LogP contribution >= 0.6 is 0 Å². The van der Waals surface area contributed by atoms with E-state index in [0.717, 1.165) is 18.4 Å². The Kier molecular flexibility index (Phi) is 8.35. The predicted molar refractivity (Wildman–Crippen MR) is 66.6 cm³/mol. The molecule has 0 heterocycles. The molecule has 1 N–H and O–H groups in total. The van der Waals surface area contributed by atoms with Gasteiger partial charge in [0.25, 0.3) is 10.1 Å². The van der Waals surface area contributed by atoms with E-state index in [1.165, 1.54) is 25.0 Å². The van der Waals surface area contributed by atoms with Crippen LogP contribution in [-0.2, 0) is 16.5 Å². The third kappa shape index (κ3) is 5.91. The fraction of sp³-hybridized carbons (Fsp3) is 0.455. The summed E-state index contributed by atoms with van der Waals surface area (Å²) < 4.78 is 30.3.